The first kappa shape index (κ1) is 10.8. The Hall–Kier alpha value is 0.690. The van der Waals surface area contributed by atoms with Crippen LogP contribution in [-0.2, 0) is 0 Å². The third kappa shape index (κ3) is 2.87. The lowest BCUT2D eigenvalue weighted by atomic mass is 9.93. The lowest BCUT2D eigenvalue weighted by Crippen LogP contribution is -2.42. The van der Waals surface area contributed by atoms with Gasteiger partial charge in [-0.3, -0.25) is 0 Å². The largest absolute Gasteiger partial charge is 0.300 e. The van der Waals surface area contributed by atoms with Gasteiger partial charge in [0.2, 0.25) is 0 Å². The zero-order valence-electron chi connectivity index (χ0n) is 8.06. The molecule has 72 valence electrons. The molecule has 0 bridgehead atoms. The van der Waals surface area contributed by atoms with Gasteiger partial charge in [-0.2, -0.15) is 0 Å². The molecule has 0 atom stereocenters. The summed E-state index contributed by atoms with van der Waals surface area (Å²) in [6.45, 7) is 2.79. The summed E-state index contributed by atoms with van der Waals surface area (Å²) in [5, 5.41) is 0. The third-order valence-electron chi connectivity index (χ3n) is 2.98. The van der Waals surface area contributed by atoms with Crippen molar-refractivity contribution >= 4 is 22.6 Å². The van der Waals surface area contributed by atoms with Crippen LogP contribution in [0, 0.1) is 0 Å². The van der Waals surface area contributed by atoms with E-state index in [0.29, 0.717) is 0 Å². The summed E-state index contributed by atoms with van der Waals surface area (Å²) in [5.41, 5.74) is 0. The van der Waals surface area contributed by atoms with E-state index in [4.69, 9.17) is 0 Å². The number of halogens is 1. The average molecular weight is 281 g/mol. The lowest BCUT2D eigenvalue weighted by molar-refractivity contribution is 0.109. The number of alkyl halides is 1. The summed E-state index contributed by atoms with van der Waals surface area (Å²) < 4.78 is 0. The van der Waals surface area contributed by atoms with Gasteiger partial charge in [-0.15, -0.1) is 0 Å². The molecule has 2 fully saturated rings. The predicted molar refractivity (Wildman–Crippen MR) is 63.0 cm³/mol. The molecule has 0 amide bonds. The second kappa shape index (κ2) is 6.19. The van der Waals surface area contributed by atoms with E-state index in [9.17, 15) is 0 Å². The minimum atomic E-state index is 0.988. The molecular formula is C10H20IN. The number of fused-ring (bicyclic) bond motifs is 1. The van der Waals surface area contributed by atoms with Crippen molar-refractivity contribution in [1.82, 2.24) is 4.90 Å². The Balaban J connectivity index is 0.000000336. The zero-order chi connectivity index (χ0) is 8.81. The summed E-state index contributed by atoms with van der Waals surface area (Å²) in [5.74, 6) is 0. The fourth-order valence-corrected chi connectivity index (χ4v) is 2.38. The molecule has 2 saturated heterocycles. The topological polar surface area (TPSA) is 3.24 Å². The van der Waals surface area contributed by atoms with Crippen molar-refractivity contribution in [3.8, 4) is 0 Å². The molecule has 0 saturated carbocycles. The number of hydrogen-bond donors (Lipinski definition) is 0. The van der Waals surface area contributed by atoms with Crippen LogP contribution in [-0.4, -0.2) is 29.0 Å². The molecule has 0 aliphatic carbocycles. The SMILES string of the molecule is C1CCN2CCCCC2C1.CI. The van der Waals surface area contributed by atoms with Crippen LogP contribution in [0.5, 0.6) is 0 Å². The van der Waals surface area contributed by atoms with Crippen LogP contribution >= 0.6 is 22.6 Å². The van der Waals surface area contributed by atoms with Gasteiger partial charge in [0.25, 0.3) is 0 Å². The van der Waals surface area contributed by atoms with Gasteiger partial charge in [-0.25, -0.2) is 0 Å². The van der Waals surface area contributed by atoms with Crippen LogP contribution in [0.3, 0.4) is 0 Å². The van der Waals surface area contributed by atoms with E-state index in [1.165, 1.54) is 51.6 Å². The van der Waals surface area contributed by atoms with Gasteiger partial charge < -0.3 is 4.90 Å². The number of piperidine rings is 2. The first-order valence-corrected chi connectivity index (χ1v) is 7.24. The van der Waals surface area contributed by atoms with Crippen LogP contribution in [0.2, 0.25) is 0 Å². The van der Waals surface area contributed by atoms with Gasteiger partial charge in [0.15, 0.2) is 0 Å². The highest BCUT2D eigenvalue weighted by Crippen LogP contribution is 2.25. The van der Waals surface area contributed by atoms with Crippen molar-refractivity contribution < 1.29 is 0 Å². The van der Waals surface area contributed by atoms with E-state index in [0.717, 1.165) is 6.04 Å². The van der Waals surface area contributed by atoms with Crippen LogP contribution in [0.15, 0.2) is 0 Å². The van der Waals surface area contributed by atoms with Gasteiger partial charge in [0, 0.05) is 6.04 Å². The van der Waals surface area contributed by atoms with Crippen LogP contribution in [0.1, 0.15) is 38.5 Å². The lowest BCUT2D eigenvalue weighted by Gasteiger charge is -2.39. The molecule has 0 aromatic carbocycles. The van der Waals surface area contributed by atoms with E-state index in [1.54, 1.807) is 0 Å². The van der Waals surface area contributed by atoms with Crippen molar-refractivity contribution in [3.63, 3.8) is 0 Å². The molecule has 2 aliphatic rings. The molecule has 2 aliphatic heterocycles. The van der Waals surface area contributed by atoms with Crippen molar-refractivity contribution in [2.24, 2.45) is 0 Å². The van der Waals surface area contributed by atoms with Crippen molar-refractivity contribution in [2.45, 2.75) is 44.6 Å². The monoisotopic (exact) mass is 281 g/mol. The molecule has 2 heterocycles. The van der Waals surface area contributed by atoms with Crippen LogP contribution in [0.25, 0.3) is 0 Å². The Bertz CT molecular complexity index is 90.4. The van der Waals surface area contributed by atoms with Crippen LogP contribution < -0.4 is 0 Å². The zero-order valence-corrected chi connectivity index (χ0v) is 10.2. The maximum absolute atomic E-state index is 2.70. The molecule has 0 radical (unpaired) electrons. The third-order valence-corrected chi connectivity index (χ3v) is 2.98. The summed E-state index contributed by atoms with van der Waals surface area (Å²) in [4.78, 5) is 4.67. The Morgan fingerprint density at radius 2 is 1.42 bits per heavy atom. The number of hydrogen-bond acceptors (Lipinski definition) is 1. The number of nitrogens with zero attached hydrogens (tertiary/aromatic N) is 1. The maximum atomic E-state index is 2.70. The number of rotatable bonds is 0. The molecular weight excluding hydrogens is 261 g/mol. The highest BCUT2D eigenvalue weighted by Gasteiger charge is 2.24. The molecule has 2 heteroatoms. The summed E-state index contributed by atoms with van der Waals surface area (Å²) in [7, 11) is 0. The standard InChI is InChI=1S/C9H17N.CH3I/c1-3-7-10-8-4-2-6-9(10)5-1;1-2/h9H,1-8H2;1H3. The van der Waals surface area contributed by atoms with E-state index < -0.39 is 0 Å². The Morgan fingerprint density at radius 1 is 0.917 bits per heavy atom. The van der Waals surface area contributed by atoms with Gasteiger partial charge in [0.05, 0.1) is 0 Å². The molecule has 0 N–H and O–H groups in total. The fraction of sp³-hybridized carbons (Fsp3) is 1.00. The van der Waals surface area contributed by atoms with Gasteiger partial charge >= 0.3 is 0 Å². The van der Waals surface area contributed by atoms with E-state index >= 15 is 0 Å². The van der Waals surface area contributed by atoms with Crippen LogP contribution in [0.4, 0.5) is 0 Å². The summed E-state index contributed by atoms with van der Waals surface area (Å²) in [6.07, 6.45) is 8.86. The molecule has 1 nitrogen and oxygen atoms in total. The van der Waals surface area contributed by atoms with E-state index in [2.05, 4.69) is 27.5 Å². The normalized spacial score (nSPS) is 25.5. The Morgan fingerprint density at radius 3 is 1.83 bits per heavy atom. The van der Waals surface area contributed by atoms with Crippen molar-refractivity contribution in [1.29, 1.82) is 0 Å². The molecule has 2 rings (SSSR count). The second-order valence-electron chi connectivity index (χ2n) is 3.68. The first-order valence-electron chi connectivity index (χ1n) is 5.09. The fourth-order valence-electron chi connectivity index (χ4n) is 2.38. The highest BCUT2D eigenvalue weighted by molar-refractivity contribution is 14.1. The maximum Gasteiger partial charge on any atom is 0.00952 e. The predicted octanol–water partition coefficient (Wildman–Crippen LogP) is 3.08. The smallest absolute Gasteiger partial charge is 0.00952 e. The molecule has 0 spiro atoms. The minimum absolute atomic E-state index is 0.988. The van der Waals surface area contributed by atoms with Gasteiger partial charge in [0.1, 0.15) is 0 Å². The summed E-state index contributed by atoms with van der Waals surface area (Å²) >= 11 is 2.15. The average Bonchev–Trinajstić information content (AvgIpc) is 2.21. The van der Waals surface area contributed by atoms with Gasteiger partial charge in [-0.1, -0.05) is 35.4 Å². The molecule has 0 unspecified atom stereocenters. The van der Waals surface area contributed by atoms with E-state index in [1.807, 2.05) is 4.93 Å². The Labute approximate surface area is 90.0 Å². The molecule has 0 aromatic heterocycles. The Kier molecular flexibility index (Phi) is 5.56. The first-order chi connectivity index (χ1) is 5.97. The minimum Gasteiger partial charge on any atom is -0.300 e. The molecule has 12 heavy (non-hydrogen) atoms. The quantitative estimate of drug-likeness (QED) is 0.487. The van der Waals surface area contributed by atoms with E-state index in [-0.39, 0.29) is 0 Å². The van der Waals surface area contributed by atoms with Gasteiger partial charge in [-0.05, 0) is 43.7 Å². The van der Waals surface area contributed by atoms with Crippen molar-refractivity contribution in [3.05, 3.63) is 0 Å². The van der Waals surface area contributed by atoms with Crippen molar-refractivity contribution in [2.75, 3.05) is 18.0 Å². The molecule has 0 aromatic rings. The second-order valence-corrected chi connectivity index (χ2v) is 3.68. The summed E-state index contributed by atoms with van der Waals surface area (Å²) in [6, 6.07) is 0.988. The highest BCUT2D eigenvalue weighted by atomic mass is 127.